The summed E-state index contributed by atoms with van der Waals surface area (Å²) < 4.78 is 5.18. The first kappa shape index (κ1) is 13.9. The Bertz CT molecular complexity index is 246. The van der Waals surface area contributed by atoms with E-state index in [2.05, 4.69) is 12.6 Å². The summed E-state index contributed by atoms with van der Waals surface area (Å²) in [6, 6.07) is 0. The van der Waals surface area contributed by atoms with E-state index in [1.54, 1.807) is 0 Å². The molecule has 0 amide bonds. The van der Waals surface area contributed by atoms with E-state index in [0.717, 1.165) is 0 Å². The van der Waals surface area contributed by atoms with Crippen molar-refractivity contribution in [1.29, 1.82) is 0 Å². The zero-order valence-electron chi connectivity index (χ0n) is 8.56. The van der Waals surface area contributed by atoms with Gasteiger partial charge in [-0.1, -0.05) is 0 Å². The van der Waals surface area contributed by atoms with Gasteiger partial charge in [-0.05, 0) is 6.42 Å². The van der Waals surface area contributed by atoms with Crippen molar-refractivity contribution in [3.63, 3.8) is 0 Å². The van der Waals surface area contributed by atoms with Crippen molar-refractivity contribution in [2.45, 2.75) is 43.4 Å². The van der Waals surface area contributed by atoms with Gasteiger partial charge < -0.3 is 25.2 Å². The zero-order valence-corrected chi connectivity index (χ0v) is 9.46. The second-order valence-corrected chi connectivity index (χ2v) is 4.30. The van der Waals surface area contributed by atoms with Crippen LogP contribution in [-0.2, 0) is 9.53 Å². The lowest BCUT2D eigenvalue weighted by atomic mass is 9.93. The van der Waals surface area contributed by atoms with Crippen molar-refractivity contribution in [3.8, 4) is 0 Å². The van der Waals surface area contributed by atoms with Gasteiger partial charge in [-0.2, -0.15) is 0 Å². The molecule has 0 bridgehead atoms. The molecule has 1 aliphatic heterocycles. The smallest absolute Gasteiger partial charge is 0.186 e. The summed E-state index contributed by atoms with van der Waals surface area (Å²) in [4.78, 5) is 10.7. The van der Waals surface area contributed by atoms with Crippen molar-refractivity contribution in [2.24, 2.45) is 0 Å². The summed E-state index contributed by atoms with van der Waals surface area (Å²) in [5.74, 6) is 0. The van der Waals surface area contributed by atoms with Crippen molar-refractivity contribution >= 4 is 17.7 Å². The van der Waals surface area contributed by atoms with Gasteiger partial charge in [-0.3, -0.25) is 4.79 Å². The molecule has 6 nitrogen and oxygen atoms in total. The Hall–Kier alpha value is -0.180. The van der Waals surface area contributed by atoms with Crippen LogP contribution in [0.4, 0.5) is 0 Å². The quantitative estimate of drug-likeness (QED) is 0.373. The van der Waals surface area contributed by atoms with Gasteiger partial charge in [0.1, 0.15) is 24.4 Å². The molecule has 0 aromatic carbocycles. The number of thiol groups is 1. The van der Waals surface area contributed by atoms with Gasteiger partial charge in [0, 0.05) is 6.42 Å². The molecule has 1 heterocycles. The van der Waals surface area contributed by atoms with Crippen LogP contribution >= 0.6 is 12.6 Å². The predicted octanol–water partition coefficient (Wildman–Crippen LogP) is -1.93. The average molecular weight is 252 g/mol. The SMILES string of the molecule is O=C(S)CCC1O[C@H](CO)[C@@H](O)[C@H](O)[C@H]1O. The molecule has 1 aliphatic rings. The van der Waals surface area contributed by atoms with E-state index in [-0.39, 0.29) is 18.0 Å². The van der Waals surface area contributed by atoms with Gasteiger partial charge in [0.2, 0.25) is 0 Å². The normalized spacial score (nSPS) is 39.7. The molecular weight excluding hydrogens is 236 g/mol. The fraction of sp³-hybridized carbons (Fsp3) is 0.889. The van der Waals surface area contributed by atoms with Gasteiger partial charge in [0.15, 0.2) is 5.12 Å². The number of hydrogen-bond donors (Lipinski definition) is 5. The first-order chi connectivity index (χ1) is 7.47. The number of ether oxygens (including phenoxy) is 1. The van der Waals surface area contributed by atoms with Crippen LogP contribution in [0.15, 0.2) is 0 Å². The minimum absolute atomic E-state index is 0.0891. The number of hydrogen-bond acceptors (Lipinski definition) is 6. The molecule has 7 heteroatoms. The molecule has 0 aromatic heterocycles. The summed E-state index contributed by atoms with van der Waals surface area (Å²) in [5, 5.41) is 37.0. The van der Waals surface area contributed by atoms with Crippen molar-refractivity contribution in [3.05, 3.63) is 0 Å². The predicted molar refractivity (Wildman–Crippen MR) is 57.0 cm³/mol. The van der Waals surface area contributed by atoms with Crippen LogP contribution in [0.2, 0.25) is 0 Å². The second kappa shape index (κ2) is 5.95. The highest BCUT2D eigenvalue weighted by molar-refractivity contribution is 7.96. The Morgan fingerprint density at radius 3 is 2.19 bits per heavy atom. The number of aliphatic hydroxyl groups excluding tert-OH is 4. The van der Waals surface area contributed by atoms with E-state index in [9.17, 15) is 20.1 Å². The molecule has 0 aromatic rings. The van der Waals surface area contributed by atoms with Gasteiger partial charge >= 0.3 is 0 Å². The summed E-state index contributed by atoms with van der Waals surface area (Å²) >= 11 is 3.58. The van der Waals surface area contributed by atoms with Crippen molar-refractivity contribution < 1.29 is 30.0 Å². The topological polar surface area (TPSA) is 107 Å². The first-order valence-corrected chi connectivity index (χ1v) is 5.44. The van der Waals surface area contributed by atoms with Gasteiger partial charge in [-0.15, -0.1) is 12.6 Å². The standard InChI is InChI=1S/C9H16O6S/c10-3-5-8(13)9(14)7(12)4(15-5)1-2-6(11)16/h4-5,7-10,12-14H,1-3H2,(H,11,16)/t4?,5-,7+,8-,9-/m1/s1. The minimum Gasteiger partial charge on any atom is -0.394 e. The molecule has 4 N–H and O–H groups in total. The van der Waals surface area contributed by atoms with Crippen molar-refractivity contribution in [1.82, 2.24) is 0 Å². The maximum absolute atomic E-state index is 10.7. The third-order valence-corrected chi connectivity index (χ3v) is 2.86. The number of carbonyl (C=O) groups is 1. The molecule has 1 saturated heterocycles. The summed E-state index contributed by atoms with van der Waals surface area (Å²) in [6.07, 6.45) is -5.44. The lowest BCUT2D eigenvalue weighted by Crippen LogP contribution is -2.58. The molecule has 1 rings (SSSR count). The molecule has 5 atom stereocenters. The molecular formula is C9H16O6S. The third-order valence-electron chi connectivity index (χ3n) is 2.63. The lowest BCUT2D eigenvalue weighted by Gasteiger charge is -2.40. The van der Waals surface area contributed by atoms with Gasteiger partial charge in [0.25, 0.3) is 0 Å². The Morgan fingerprint density at radius 1 is 1.12 bits per heavy atom. The van der Waals surface area contributed by atoms with Gasteiger partial charge in [0.05, 0.1) is 12.7 Å². The molecule has 1 unspecified atom stereocenters. The highest BCUT2D eigenvalue weighted by Gasteiger charge is 2.42. The van der Waals surface area contributed by atoms with E-state index in [0.29, 0.717) is 0 Å². The van der Waals surface area contributed by atoms with E-state index in [1.807, 2.05) is 0 Å². The first-order valence-electron chi connectivity index (χ1n) is 4.99. The Labute approximate surface area is 98.3 Å². The van der Waals surface area contributed by atoms with Crippen LogP contribution in [0, 0.1) is 0 Å². The highest BCUT2D eigenvalue weighted by atomic mass is 32.1. The summed E-state index contributed by atoms with van der Waals surface area (Å²) in [7, 11) is 0. The molecule has 0 spiro atoms. The van der Waals surface area contributed by atoms with Crippen molar-refractivity contribution in [2.75, 3.05) is 6.61 Å². The van der Waals surface area contributed by atoms with Crippen LogP contribution in [0.3, 0.4) is 0 Å². The molecule has 94 valence electrons. The van der Waals surface area contributed by atoms with Gasteiger partial charge in [-0.25, -0.2) is 0 Å². The van der Waals surface area contributed by atoms with Crippen LogP contribution in [0.25, 0.3) is 0 Å². The number of aliphatic hydroxyl groups is 4. The monoisotopic (exact) mass is 252 g/mol. The molecule has 0 aliphatic carbocycles. The number of carbonyl (C=O) groups excluding carboxylic acids is 1. The number of rotatable bonds is 4. The van der Waals surface area contributed by atoms with Crippen LogP contribution < -0.4 is 0 Å². The molecule has 16 heavy (non-hydrogen) atoms. The zero-order chi connectivity index (χ0) is 12.3. The van der Waals surface area contributed by atoms with E-state index >= 15 is 0 Å². The Balaban J connectivity index is 2.60. The Morgan fingerprint density at radius 2 is 1.69 bits per heavy atom. The fourth-order valence-corrected chi connectivity index (χ4v) is 1.81. The minimum atomic E-state index is -1.38. The largest absolute Gasteiger partial charge is 0.394 e. The lowest BCUT2D eigenvalue weighted by molar-refractivity contribution is -0.230. The van der Waals surface area contributed by atoms with Crippen LogP contribution in [-0.4, -0.2) is 62.7 Å². The molecule has 1 fully saturated rings. The maximum Gasteiger partial charge on any atom is 0.186 e. The maximum atomic E-state index is 10.7. The second-order valence-electron chi connectivity index (χ2n) is 3.80. The Kier molecular flexibility index (Phi) is 5.16. The van der Waals surface area contributed by atoms with Crippen LogP contribution in [0.1, 0.15) is 12.8 Å². The fourth-order valence-electron chi connectivity index (χ4n) is 1.68. The molecule has 0 saturated carbocycles. The summed E-state index contributed by atoms with van der Waals surface area (Å²) in [6.45, 7) is -0.462. The van der Waals surface area contributed by atoms with E-state index in [4.69, 9.17) is 9.84 Å². The van der Waals surface area contributed by atoms with Crippen LogP contribution in [0.5, 0.6) is 0 Å². The molecule has 0 radical (unpaired) electrons. The highest BCUT2D eigenvalue weighted by Crippen LogP contribution is 2.24. The van der Waals surface area contributed by atoms with E-state index < -0.39 is 37.1 Å². The third kappa shape index (κ3) is 3.16. The van der Waals surface area contributed by atoms with E-state index in [1.165, 1.54) is 0 Å². The average Bonchev–Trinajstić information content (AvgIpc) is 2.25. The summed E-state index contributed by atoms with van der Waals surface area (Å²) in [5.41, 5.74) is 0.